The number of aryl methyl sites for hydroxylation is 1. The van der Waals surface area contributed by atoms with Crippen molar-refractivity contribution in [3.8, 4) is 0 Å². The Labute approximate surface area is 431 Å². The number of nitrogens with zero attached hydrogens (tertiary/aromatic N) is 6. The van der Waals surface area contributed by atoms with Crippen LogP contribution in [-0.2, 0) is 27.5 Å². The monoisotopic (exact) mass is 991 g/mol. The van der Waals surface area contributed by atoms with Gasteiger partial charge in [-0.15, -0.1) is 0 Å². The van der Waals surface area contributed by atoms with Crippen molar-refractivity contribution in [3.05, 3.63) is 75.7 Å². The Morgan fingerprint density at radius 1 is 0.708 bits per heavy atom. The van der Waals surface area contributed by atoms with E-state index in [1.54, 1.807) is 9.58 Å². The number of H-pyrrole nitrogens is 1. The summed E-state index contributed by atoms with van der Waals surface area (Å²) in [5, 5.41) is 9.86. The molecule has 0 saturated carbocycles. The van der Waals surface area contributed by atoms with Crippen molar-refractivity contribution in [2.75, 3.05) is 59.4 Å². The van der Waals surface area contributed by atoms with Gasteiger partial charge in [0.05, 0.1) is 5.52 Å². The molecule has 1 unspecified atom stereocenters. The number of carbonyl (C=O) groups excluding carboxylic acids is 3. The van der Waals surface area contributed by atoms with E-state index >= 15 is 0 Å². The number of aromatic amines is 1. The number of ether oxygens (including phenoxy) is 1. The molecule has 3 aliphatic heterocycles. The van der Waals surface area contributed by atoms with Gasteiger partial charge in [0.1, 0.15) is 6.04 Å². The largest absolute Gasteiger partial charge is 0.442 e. The number of amides is 3. The van der Waals surface area contributed by atoms with Crippen LogP contribution in [0.4, 0.5) is 4.79 Å². The molecule has 0 bridgehead atoms. The van der Waals surface area contributed by atoms with E-state index in [0.29, 0.717) is 57.9 Å². The summed E-state index contributed by atoms with van der Waals surface area (Å²) < 4.78 is 7.35. The van der Waals surface area contributed by atoms with Gasteiger partial charge in [-0.05, 0) is 99.8 Å². The van der Waals surface area contributed by atoms with E-state index in [-0.39, 0.29) is 36.1 Å². The number of pyridine rings is 1. The smallest absolute Gasteiger partial charge is 0.318 e. The minimum Gasteiger partial charge on any atom is -0.442 e. The lowest BCUT2D eigenvalue weighted by molar-refractivity contribution is -0.148. The van der Waals surface area contributed by atoms with E-state index < -0.39 is 6.04 Å². The molecule has 4 aromatic rings. The molecule has 13 nitrogen and oxygen atoms in total. The predicted molar refractivity (Wildman–Crippen MR) is 291 cm³/mol. The number of rotatable bonds is 28. The first kappa shape index (κ1) is 55.0. The number of aromatic nitrogens is 3. The van der Waals surface area contributed by atoms with Crippen LogP contribution >= 0.6 is 0 Å². The maximum atomic E-state index is 14.5. The highest BCUT2D eigenvalue weighted by Gasteiger charge is 2.34. The predicted octanol–water partition coefficient (Wildman–Crippen LogP) is 11.2. The van der Waals surface area contributed by atoms with Gasteiger partial charge >= 0.3 is 12.0 Å². The van der Waals surface area contributed by atoms with Crippen molar-refractivity contribution in [2.45, 2.75) is 199 Å². The van der Waals surface area contributed by atoms with Gasteiger partial charge in [0, 0.05) is 80.8 Å². The first-order valence-corrected chi connectivity index (χ1v) is 28.7. The number of esters is 1. The van der Waals surface area contributed by atoms with Crippen LogP contribution in [0.2, 0.25) is 0 Å². The summed E-state index contributed by atoms with van der Waals surface area (Å²) in [6.07, 6.45) is 31.4. The zero-order chi connectivity index (χ0) is 50.5. The third-order valence-electron chi connectivity index (χ3n) is 16.1. The summed E-state index contributed by atoms with van der Waals surface area (Å²) in [7, 11) is 2.18. The Balaban J connectivity index is 0.849. The van der Waals surface area contributed by atoms with E-state index in [9.17, 15) is 19.2 Å². The fourth-order valence-corrected chi connectivity index (χ4v) is 11.6. The number of para-hydroxylation sites is 1. The molecule has 72 heavy (non-hydrogen) atoms. The molecule has 3 amide bonds. The van der Waals surface area contributed by atoms with Crippen LogP contribution in [-0.4, -0.2) is 124 Å². The van der Waals surface area contributed by atoms with Gasteiger partial charge in [-0.2, -0.15) is 5.10 Å². The van der Waals surface area contributed by atoms with Crippen molar-refractivity contribution >= 4 is 39.7 Å². The molecular weight excluding hydrogens is 901 g/mol. The molecule has 3 fully saturated rings. The summed E-state index contributed by atoms with van der Waals surface area (Å²) in [5.74, 6) is -0.215. The molecule has 2 aromatic heterocycles. The zero-order valence-electron chi connectivity index (χ0n) is 44.6. The van der Waals surface area contributed by atoms with E-state index in [2.05, 4.69) is 40.1 Å². The number of nitrogens with one attached hydrogen (secondary N) is 2. The lowest BCUT2D eigenvalue weighted by Gasteiger charge is -2.43. The average Bonchev–Trinajstić information content (AvgIpc) is 3.82. The standard InChI is InChI=1S/C59H90N8O5/c1-4-5-6-7-8-9-10-11-12-13-14-15-16-17-18-19-20-21-22-27-55(68)72-45-67-44-50-41-47(40-46(2)56(50)62-67)42-54(58(70)65-38-36-64(37-39-65)51-30-32-63(3)33-31-51)61-59(71)66-34-28-48(29-35-66)52-43-49-25-23-24-26-53(49)60-57(52)69/h23-26,40-41,43-44,48,51,54H,4-22,27-39,42,45H2,1-3H3,(H,60,69)(H,61,71). The van der Waals surface area contributed by atoms with Crippen molar-refractivity contribution in [1.82, 2.24) is 39.7 Å². The van der Waals surface area contributed by atoms with Crippen molar-refractivity contribution in [1.29, 1.82) is 0 Å². The van der Waals surface area contributed by atoms with Gasteiger partial charge in [0.2, 0.25) is 5.91 Å². The van der Waals surface area contributed by atoms with Gasteiger partial charge in [-0.25, -0.2) is 9.48 Å². The van der Waals surface area contributed by atoms with Crippen molar-refractivity contribution in [2.24, 2.45) is 0 Å². The fourth-order valence-electron chi connectivity index (χ4n) is 11.6. The minimum atomic E-state index is -0.759. The van der Waals surface area contributed by atoms with Gasteiger partial charge in [0.25, 0.3) is 5.56 Å². The van der Waals surface area contributed by atoms with Crippen LogP contribution in [0.5, 0.6) is 0 Å². The molecule has 13 heteroatoms. The maximum absolute atomic E-state index is 14.5. The molecule has 2 aromatic carbocycles. The number of unbranched alkanes of at least 4 members (excludes halogenated alkanes) is 18. The number of likely N-dealkylation sites (tertiary alicyclic amines) is 2. The second kappa shape index (κ2) is 29.2. The molecule has 0 radical (unpaired) electrons. The lowest BCUT2D eigenvalue weighted by Crippen LogP contribution is -2.59. The highest BCUT2D eigenvalue weighted by atomic mass is 16.5. The second-order valence-electron chi connectivity index (χ2n) is 21.8. The molecule has 7 rings (SSSR count). The summed E-state index contributed by atoms with van der Waals surface area (Å²) in [5.41, 5.74) is 4.22. The first-order valence-electron chi connectivity index (χ1n) is 28.7. The van der Waals surface area contributed by atoms with E-state index in [4.69, 9.17) is 9.84 Å². The third-order valence-corrected chi connectivity index (χ3v) is 16.1. The highest BCUT2D eigenvalue weighted by molar-refractivity contribution is 5.88. The van der Waals surface area contributed by atoms with Crippen LogP contribution in [0.1, 0.15) is 184 Å². The number of benzene rings is 2. The van der Waals surface area contributed by atoms with E-state index in [0.717, 1.165) is 96.8 Å². The van der Waals surface area contributed by atoms with E-state index in [1.807, 2.05) is 54.4 Å². The lowest BCUT2D eigenvalue weighted by atomic mass is 9.89. The molecule has 0 aliphatic carbocycles. The quantitative estimate of drug-likeness (QED) is 0.0424. The highest BCUT2D eigenvalue weighted by Crippen LogP contribution is 2.28. The van der Waals surface area contributed by atoms with Gasteiger partial charge in [-0.1, -0.05) is 147 Å². The molecule has 1 atom stereocenters. The van der Waals surface area contributed by atoms with Gasteiger partial charge in [-0.3, -0.25) is 19.3 Å². The first-order chi connectivity index (χ1) is 35.1. The van der Waals surface area contributed by atoms with Crippen LogP contribution < -0.4 is 10.9 Å². The maximum Gasteiger partial charge on any atom is 0.318 e. The zero-order valence-corrected chi connectivity index (χ0v) is 44.6. The van der Waals surface area contributed by atoms with Crippen LogP contribution in [0.25, 0.3) is 21.8 Å². The van der Waals surface area contributed by atoms with Gasteiger partial charge < -0.3 is 29.7 Å². The average molecular weight is 991 g/mol. The molecule has 3 saturated heterocycles. The summed E-state index contributed by atoms with van der Waals surface area (Å²) in [4.78, 5) is 66.2. The van der Waals surface area contributed by atoms with Crippen LogP contribution in [0.3, 0.4) is 0 Å². The molecule has 2 N–H and O–H groups in total. The molecule has 3 aliphatic rings. The Bertz CT molecular complexity index is 2340. The molecule has 5 heterocycles. The van der Waals surface area contributed by atoms with Crippen molar-refractivity contribution < 1.29 is 19.1 Å². The Morgan fingerprint density at radius 3 is 1.93 bits per heavy atom. The second-order valence-corrected chi connectivity index (χ2v) is 21.8. The number of piperazine rings is 1. The molecular formula is C59H90N8O5. The topological polar surface area (TPSA) is 136 Å². The number of hydrogen-bond acceptors (Lipinski definition) is 8. The third kappa shape index (κ3) is 16.9. The number of hydrogen-bond donors (Lipinski definition) is 2. The number of urea groups is 1. The Morgan fingerprint density at radius 2 is 1.31 bits per heavy atom. The van der Waals surface area contributed by atoms with Crippen molar-refractivity contribution in [3.63, 3.8) is 0 Å². The number of fused-ring (bicyclic) bond motifs is 2. The SMILES string of the molecule is CCCCCCCCCCCCCCCCCCCCCC(=O)OCn1cc2cc(CC(NC(=O)N3CCC(c4cc5ccccc5[nH]c4=O)CC3)C(=O)N3CCN(C4CCN(C)CC4)CC3)cc(C)c2n1. The summed E-state index contributed by atoms with van der Waals surface area (Å²) in [6, 6.07) is 13.4. The summed E-state index contributed by atoms with van der Waals surface area (Å²) in [6.45, 7) is 10.5. The van der Waals surface area contributed by atoms with Crippen LogP contribution in [0, 0.1) is 6.92 Å². The fraction of sp³-hybridized carbons (Fsp3) is 0.678. The summed E-state index contributed by atoms with van der Waals surface area (Å²) >= 11 is 0. The van der Waals surface area contributed by atoms with E-state index in [1.165, 1.54) is 103 Å². The molecule has 0 spiro atoms. The Hall–Kier alpha value is -4.75. The van der Waals surface area contributed by atoms with Gasteiger partial charge in [0.15, 0.2) is 6.73 Å². The normalized spacial score (nSPS) is 17.0. The van der Waals surface area contributed by atoms with Crippen LogP contribution in [0.15, 0.2) is 53.5 Å². The Kier molecular flexibility index (Phi) is 22.3. The minimum absolute atomic E-state index is 0.0446. The molecule has 396 valence electrons. The number of piperidine rings is 2. The number of carbonyl (C=O) groups is 3.